The first kappa shape index (κ1) is 56.1. The molecule has 0 aromatic carbocycles. The van der Waals surface area contributed by atoms with Crippen LogP contribution in [0, 0.1) is 51.2 Å². The Morgan fingerprint density at radius 2 is 1.18 bits per heavy atom. The molecule has 22 heteroatoms. The Morgan fingerprint density at radius 1 is 0.581 bits per heavy atom. The molecule has 4 aliphatic carbocycles. The molecule has 6 saturated heterocycles. The van der Waals surface area contributed by atoms with Gasteiger partial charge in [0.2, 0.25) is 0 Å². The number of rotatable bonds is 12. The van der Waals surface area contributed by atoms with Crippen LogP contribution in [0.3, 0.4) is 0 Å². The van der Waals surface area contributed by atoms with E-state index < -0.39 is 153 Å². The number of allylic oxidation sites excluding steroid dienone is 1. The Kier molecular flexibility index (Phi) is 15.3. The maximum absolute atomic E-state index is 11.8. The van der Waals surface area contributed by atoms with Crippen molar-refractivity contribution in [2.75, 3.05) is 39.6 Å². The Morgan fingerprint density at radius 3 is 1.82 bits per heavy atom. The van der Waals surface area contributed by atoms with Gasteiger partial charge in [0.1, 0.15) is 85.5 Å². The number of ether oxygens (including phenoxy) is 10. The van der Waals surface area contributed by atoms with Crippen molar-refractivity contribution in [3.63, 3.8) is 0 Å². The van der Waals surface area contributed by atoms with Crippen molar-refractivity contribution in [3.8, 4) is 0 Å². The van der Waals surface area contributed by atoms with E-state index >= 15 is 0 Å². The fourth-order valence-electron chi connectivity index (χ4n) is 17.1. The van der Waals surface area contributed by atoms with Crippen molar-refractivity contribution in [2.45, 2.75) is 222 Å². The van der Waals surface area contributed by atoms with E-state index in [0.717, 1.165) is 37.7 Å². The molecule has 10 aliphatic rings. The molecule has 2 spiro atoms. The average Bonchev–Trinajstić information content (AvgIpc) is 3.99. The van der Waals surface area contributed by atoms with Crippen molar-refractivity contribution in [2.24, 2.45) is 51.2 Å². The van der Waals surface area contributed by atoms with Crippen LogP contribution >= 0.6 is 0 Å². The molecule has 6 aliphatic heterocycles. The van der Waals surface area contributed by atoms with Gasteiger partial charge in [-0.25, -0.2) is 0 Å². The lowest BCUT2D eigenvalue weighted by Crippen LogP contribution is -2.69. The third-order valence-corrected chi connectivity index (χ3v) is 20.9. The second kappa shape index (κ2) is 20.1. The third-order valence-electron chi connectivity index (χ3n) is 20.9. The topological polar surface area (TPSA) is 335 Å². The average molecular weight is 1060 g/mol. The van der Waals surface area contributed by atoms with Gasteiger partial charge in [-0.05, 0) is 93.3 Å². The third kappa shape index (κ3) is 8.49. The first-order valence-electron chi connectivity index (χ1n) is 27.0. The first-order chi connectivity index (χ1) is 34.9. The summed E-state index contributed by atoms with van der Waals surface area (Å²) >= 11 is 0. The molecule has 74 heavy (non-hydrogen) atoms. The van der Waals surface area contributed by atoms with Crippen molar-refractivity contribution in [3.05, 3.63) is 11.6 Å². The zero-order chi connectivity index (χ0) is 53.4. The maximum Gasteiger partial charge on any atom is 0.187 e. The number of aliphatic hydroxyl groups is 12. The number of hydrogen-bond donors (Lipinski definition) is 12. The molecular weight excluding hydrogens is 977 g/mol. The smallest absolute Gasteiger partial charge is 0.187 e. The molecule has 10 rings (SSSR count). The molecule has 22 nitrogen and oxygen atoms in total. The second-order valence-electron chi connectivity index (χ2n) is 25.2. The van der Waals surface area contributed by atoms with Gasteiger partial charge in [-0.2, -0.15) is 0 Å². The quantitative estimate of drug-likeness (QED) is 0.0765. The van der Waals surface area contributed by atoms with Gasteiger partial charge < -0.3 is 109 Å². The normalized spacial score (nSPS) is 56.7. The molecule has 12 N–H and O–H groups in total. The Hall–Kier alpha value is -1.14. The highest BCUT2D eigenvalue weighted by molar-refractivity contribution is 5.28. The summed E-state index contributed by atoms with van der Waals surface area (Å²) in [6, 6.07) is 0. The number of fused-ring (bicyclic) bond motifs is 4. The minimum absolute atomic E-state index is 0.0992. The summed E-state index contributed by atoms with van der Waals surface area (Å²) in [5.74, 6) is -0.990. The van der Waals surface area contributed by atoms with Gasteiger partial charge in [0.05, 0.1) is 51.3 Å². The predicted octanol–water partition coefficient (Wildman–Crippen LogP) is -1.71. The molecule has 6 heterocycles. The monoisotopic (exact) mass is 1060 g/mol. The van der Waals surface area contributed by atoms with Crippen LogP contribution in [0.25, 0.3) is 0 Å². The Bertz CT molecular complexity index is 2030. The van der Waals surface area contributed by atoms with Crippen LogP contribution in [-0.2, 0) is 47.4 Å². The molecule has 0 aromatic rings. The fraction of sp³-hybridized carbons (Fsp3) is 0.962. The lowest BCUT2D eigenvalue weighted by Gasteiger charge is -2.70. The van der Waals surface area contributed by atoms with Crippen LogP contribution in [0.5, 0.6) is 0 Å². The maximum atomic E-state index is 11.8. The molecule has 0 amide bonds. The summed E-state index contributed by atoms with van der Waals surface area (Å²) in [5, 5.41) is 129. The van der Waals surface area contributed by atoms with Gasteiger partial charge in [-0.1, -0.05) is 39.3 Å². The van der Waals surface area contributed by atoms with Gasteiger partial charge in [0, 0.05) is 23.7 Å². The molecule has 2 bridgehead atoms. The van der Waals surface area contributed by atoms with E-state index in [0.29, 0.717) is 26.1 Å². The molecule has 424 valence electrons. The lowest BCUT2D eigenvalue weighted by molar-refractivity contribution is -0.388. The van der Waals surface area contributed by atoms with Crippen LogP contribution in [0.4, 0.5) is 0 Å². The molecule has 0 aromatic heterocycles. The van der Waals surface area contributed by atoms with Crippen LogP contribution in [0.2, 0.25) is 0 Å². The Balaban J connectivity index is 0.928. The fourth-order valence-corrected chi connectivity index (χ4v) is 17.1. The van der Waals surface area contributed by atoms with Gasteiger partial charge in [0.25, 0.3) is 0 Å². The lowest BCUT2D eigenvalue weighted by atomic mass is 9.35. The summed E-state index contributed by atoms with van der Waals surface area (Å²) in [6.45, 7) is 13.8. The highest BCUT2D eigenvalue weighted by Gasteiger charge is 2.82. The minimum Gasteiger partial charge on any atom is -0.394 e. The highest BCUT2D eigenvalue weighted by Crippen LogP contribution is 2.81. The van der Waals surface area contributed by atoms with E-state index in [9.17, 15) is 61.3 Å². The SMILES string of the molecule is CC(C)=CC1COC23CC4(CO2)C(CCC2C5(C)CCC(OC6OC(CO)C(O)C(OC7OC(CO)C(O)C(O)C7O)C6OC6OC(CO)C(O)C6O)C(C)(C)C5CCC24C)C3C1(C)OC1OCC(O)C(O)C1O. The van der Waals surface area contributed by atoms with E-state index in [1.165, 1.54) is 0 Å². The molecule has 0 radical (unpaired) electrons. The highest BCUT2D eigenvalue weighted by atomic mass is 16.8. The summed E-state index contributed by atoms with van der Waals surface area (Å²) in [4.78, 5) is 0. The summed E-state index contributed by atoms with van der Waals surface area (Å²) in [7, 11) is 0. The van der Waals surface area contributed by atoms with Crippen molar-refractivity contribution < 1.29 is 109 Å². The zero-order valence-electron chi connectivity index (χ0n) is 43.6. The van der Waals surface area contributed by atoms with E-state index in [-0.39, 0.29) is 52.4 Å². The molecule has 29 atom stereocenters. The van der Waals surface area contributed by atoms with Crippen LogP contribution in [-0.4, -0.2) is 229 Å². The van der Waals surface area contributed by atoms with Crippen LogP contribution < -0.4 is 0 Å². The zero-order valence-corrected chi connectivity index (χ0v) is 43.6. The van der Waals surface area contributed by atoms with Crippen molar-refractivity contribution in [1.29, 1.82) is 0 Å². The summed E-state index contributed by atoms with van der Waals surface area (Å²) in [5.41, 5.74) is -1.15. The Labute approximate surface area is 431 Å². The predicted molar refractivity (Wildman–Crippen MR) is 251 cm³/mol. The summed E-state index contributed by atoms with van der Waals surface area (Å²) in [6.07, 6.45) is -20.7. The van der Waals surface area contributed by atoms with Crippen LogP contribution in [0.1, 0.15) is 93.4 Å². The molecule has 29 unspecified atom stereocenters. The molecule has 4 saturated carbocycles. The van der Waals surface area contributed by atoms with E-state index in [4.69, 9.17) is 47.4 Å². The van der Waals surface area contributed by atoms with Crippen molar-refractivity contribution >= 4 is 0 Å². The van der Waals surface area contributed by atoms with Crippen molar-refractivity contribution in [1.82, 2.24) is 0 Å². The van der Waals surface area contributed by atoms with Crippen LogP contribution in [0.15, 0.2) is 11.6 Å². The first-order valence-corrected chi connectivity index (χ1v) is 27.0. The van der Waals surface area contributed by atoms with Gasteiger partial charge in [0.15, 0.2) is 30.9 Å². The minimum atomic E-state index is -1.89. The summed E-state index contributed by atoms with van der Waals surface area (Å²) < 4.78 is 64.1. The van der Waals surface area contributed by atoms with E-state index in [1.54, 1.807) is 0 Å². The standard InChI is InChI=1S/C52H84O22/c1-22(2)14-23-18-66-52-20-51(21-67-52)24(42(52)50(23,7)74-43-37(62)32(57)25(56)19-65-43)8-9-30-48(5)12-11-31(47(3,4)29(48)10-13-49(30,51)6)71-46-41(73-44-38(63)34(59)27(16-54)69-44)40(35(60)28(17-55)70-46)72-45-39(64)36(61)33(58)26(15-53)68-45/h14,23-46,53-64H,8-13,15-21H2,1-7H3. The number of hydrogen-bond acceptors (Lipinski definition) is 22. The second-order valence-corrected chi connectivity index (χ2v) is 25.2. The van der Waals surface area contributed by atoms with Gasteiger partial charge >= 0.3 is 0 Å². The largest absolute Gasteiger partial charge is 0.394 e. The van der Waals surface area contributed by atoms with E-state index in [2.05, 4.69) is 40.7 Å². The molecular formula is C52H84O22. The number of aliphatic hydroxyl groups excluding tert-OH is 12. The molecule has 10 fully saturated rings. The van der Waals surface area contributed by atoms with Gasteiger partial charge in [-0.3, -0.25) is 0 Å². The van der Waals surface area contributed by atoms with E-state index in [1.807, 2.05) is 13.8 Å². The van der Waals surface area contributed by atoms with Gasteiger partial charge in [-0.15, -0.1) is 0 Å².